The van der Waals surface area contributed by atoms with Crippen LogP contribution in [0.4, 0.5) is 0 Å². The number of ketones is 1. The smallest absolute Gasteiger partial charge is 0.174 e. The van der Waals surface area contributed by atoms with Gasteiger partial charge in [0.2, 0.25) is 0 Å². The predicted octanol–water partition coefficient (Wildman–Crippen LogP) is 3.45. The summed E-state index contributed by atoms with van der Waals surface area (Å²) in [5.41, 5.74) is 3.20. The standard InChI is InChI=1S/C13H21NOS/c1-5-7-16-9-13(15)12-8-10(3)14(6-2)11(12)4/h8H,5-7,9H2,1-4H3. The SMILES string of the molecule is CCCSCC(=O)c1cc(C)n(CC)c1C. The number of nitrogens with zero attached hydrogens (tertiary/aromatic N) is 1. The van der Waals surface area contributed by atoms with E-state index < -0.39 is 0 Å². The second kappa shape index (κ2) is 6.14. The Labute approximate surface area is 102 Å². The lowest BCUT2D eigenvalue weighted by Gasteiger charge is -2.05. The van der Waals surface area contributed by atoms with Gasteiger partial charge in [0.15, 0.2) is 5.78 Å². The summed E-state index contributed by atoms with van der Waals surface area (Å²) in [4.78, 5) is 12.0. The highest BCUT2D eigenvalue weighted by Crippen LogP contribution is 2.17. The Hall–Kier alpha value is -0.700. The number of aromatic nitrogens is 1. The van der Waals surface area contributed by atoms with Crippen molar-refractivity contribution in [1.82, 2.24) is 4.57 Å². The zero-order chi connectivity index (χ0) is 12.1. The highest BCUT2D eigenvalue weighted by Gasteiger charge is 2.14. The maximum atomic E-state index is 12.0. The van der Waals surface area contributed by atoms with Crippen LogP contribution in [0.2, 0.25) is 0 Å². The highest BCUT2D eigenvalue weighted by atomic mass is 32.2. The van der Waals surface area contributed by atoms with Gasteiger partial charge >= 0.3 is 0 Å². The molecule has 1 aromatic heterocycles. The summed E-state index contributed by atoms with van der Waals surface area (Å²) in [7, 11) is 0. The van der Waals surface area contributed by atoms with Gasteiger partial charge in [-0.25, -0.2) is 0 Å². The van der Waals surface area contributed by atoms with Crippen LogP contribution in [-0.4, -0.2) is 21.9 Å². The largest absolute Gasteiger partial charge is 0.349 e. The molecule has 3 heteroatoms. The Morgan fingerprint density at radius 3 is 2.56 bits per heavy atom. The minimum atomic E-state index is 0.270. The maximum Gasteiger partial charge on any atom is 0.174 e. The van der Waals surface area contributed by atoms with Crippen molar-refractivity contribution in [2.24, 2.45) is 0 Å². The molecule has 0 aliphatic rings. The fourth-order valence-corrected chi connectivity index (χ4v) is 2.73. The van der Waals surface area contributed by atoms with E-state index in [4.69, 9.17) is 0 Å². The van der Waals surface area contributed by atoms with Crippen molar-refractivity contribution >= 4 is 17.5 Å². The van der Waals surface area contributed by atoms with E-state index in [0.29, 0.717) is 5.75 Å². The molecule has 1 aromatic rings. The van der Waals surface area contributed by atoms with Crippen molar-refractivity contribution < 1.29 is 4.79 Å². The molecule has 0 aliphatic carbocycles. The highest BCUT2D eigenvalue weighted by molar-refractivity contribution is 7.99. The van der Waals surface area contributed by atoms with Crippen LogP contribution < -0.4 is 0 Å². The Morgan fingerprint density at radius 1 is 1.38 bits per heavy atom. The minimum Gasteiger partial charge on any atom is -0.349 e. The van der Waals surface area contributed by atoms with Crippen molar-refractivity contribution in [2.45, 2.75) is 40.7 Å². The number of carbonyl (C=O) groups is 1. The molecule has 2 nitrogen and oxygen atoms in total. The van der Waals surface area contributed by atoms with Gasteiger partial charge in [0.25, 0.3) is 0 Å². The molecule has 0 fully saturated rings. The number of carbonyl (C=O) groups excluding carboxylic acids is 1. The van der Waals surface area contributed by atoms with Gasteiger partial charge in [-0.15, -0.1) is 0 Å². The molecule has 0 radical (unpaired) electrons. The third-order valence-corrected chi connectivity index (χ3v) is 3.94. The van der Waals surface area contributed by atoms with Gasteiger partial charge in [-0.05, 0) is 39.0 Å². The lowest BCUT2D eigenvalue weighted by molar-refractivity contribution is 0.102. The summed E-state index contributed by atoms with van der Waals surface area (Å²) in [6.45, 7) is 9.29. The van der Waals surface area contributed by atoms with Gasteiger partial charge in [-0.2, -0.15) is 11.8 Å². The third-order valence-electron chi connectivity index (χ3n) is 2.77. The first-order chi connectivity index (χ1) is 7.61. The van der Waals surface area contributed by atoms with Crippen molar-refractivity contribution in [3.05, 3.63) is 23.0 Å². The molecule has 0 amide bonds. The molecule has 0 N–H and O–H groups in total. The van der Waals surface area contributed by atoms with Gasteiger partial charge in [-0.1, -0.05) is 6.92 Å². The number of hydrogen-bond donors (Lipinski definition) is 0. The van der Waals surface area contributed by atoms with E-state index >= 15 is 0 Å². The fourth-order valence-electron chi connectivity index (χ4n) is 1.96. The van der Waals surface area contributed by atoms with Gasteiger partial charge in [-0.3, -0.25) is 4.79 Å². The molecule has 0 atom stereocenters. The second-order valence-corrected chi connectivity index (χ2v) is 5.11. The van der Waals surface area contributed by atoms with E-state index in [2.05, 4.69) is 25.3 Å². The lowest BCUT2D eigenvalue weighted by Crippen LogP contribution is -2.06. The van der Waals surface area contributed by atoms with Crippen LogP contribution in [0, 0.1) is 13.8 Å². The topological polar surface area (TPSA) is 22.0 Å². The van der Waals surface area contributed by atoms with Crippen molar-refractivity contribution in [3.8, 4) is 0 Å². The molecule has 0 unspecified atom stereocenters. The van der Waals surface area contributed by atoms with Gasteiger partial charge in [0.1, 0.15) is 0 Å². The van der Waals surface area contributed by atoms with Crippen LogP contribution in [0.1, 0.15) is 42.0 Å². The third kappa shape index (κ3) is 2.91. The summed E-state index contributed by atoms with van der Waals surface area (Å²) < 4.78 is 2.19. The molecule has 1 rings (SSSR count). The number of thioether (sulfide) groups is 1. The predicted molar refractivity (Wildman–Crippen MR) is 71.5 cm³/mol. The molecule has 0 bridgehead atoms. The van der Waals surface area contributed by atoms with Crippen LogP contribution in [0.25, 0.3) is 0 Å². The lowest BCUT2D eigenvalue weighted by atomic mass is 10.2. The van der Waals surface area contributed by atoms with Crippen LogP contribution in [0.5, 0.6) is 0 Å². The van der Waals surface area contributed by atoms with Crippen LogP contribution in [0.15, 0.2) is 6.07 Å². The molecule has 0 aliphatic heterocycles. The molecule has 16 heavy (non-hydrogen) atoms. The fraction of sp³-hybridized carbons (Fsp3) is 0.615. The molecule has 0 aromatic carbocycles. The maximum absolute atomic E-state index is 12.0. The molecule has 0 saturated carbocycles. The van der Waals surface area contributed by atoms with Gasteiger partial charge in [0, 0.05) is 23.5 Å². The Balaban J connectivity index is 2.76. The molecule has 0 saturated heterocycles. The number of rotatable bonds is 6. The first kappa shape index (κ1) is 13.4. The Morgan fingerprint density at radius 2 is 2.06 bits per heavy atom. The molecule has 1 heterocycles. The summed E-state index contributed by atoms with van der Waals surface area (Å²) in [6, 6.07) is 2.02. The van der Waals surface area contributed by atoms with Crippen LogP contribution >= 0.6 is 11.8 Å². The van der Waals surface area contributed by atoms with Crippen molar-refractivity contribution in [3.63, 3.8) is 0 Å². The van der Waals surface area contributed by atoms with Crippen LogP contribution in [0.3, 0.4) is 0 Å². The summed E-state index contributed by atoms with van der Waals surface area (Å²) in [5, 5.41) is 0. The molecule has 90 valence electrons. The molecular formula is C13H21NOS. The zero-order valence-corrected chi connectivity index (χ0v) is 11.5. The Bertz CT molecular complexity index is 368. The van der Waals surface area contributed by atoms with Crippen molar-refractivity contribution in [1.29, 1.82) is 0 Å². The summed E-state index contributed by atoms with van der Waals surface area (Å²) >= 11 is 1.73. The van der Waals surface area contributed by atoms with Gasteiger partial charge < -0.3 is 4.57 Å². The summed E-state index contributed by atoms with van der Waals surface area (Å²) in [6.07, 6.45) is 1.13. The average Bonchev–Trinajstić information content (AvgIpc) is 2.54. The minimum absolute atomic E-state index is 0.270. The van der Waals surface area contributed by atoms with E-state index in [1.54, 1.807) is 11.8 Å². The number of Topliss-reactive ketones (excluding diaryl/α,β-unsaturated/α-hetero) is 1. The quantitative estimate of drug-likeness (QED) is 0.560. The van der Waals surface area contributed by atoms with Gasteiger partial charge in [0.05, 0.1) is 5.75 Å². The van der Waals surface area contributed by atoms with Crippen LogP contribution in [-0.2, 0) is 6.54 Å². The first-order valence-corrected chi connectivity index (χ1v) is 7.04. The van der Waals surface area contributed by atoms with E-state index in [1.807, 2.05) is 13.0 Å². The zero-order valence-electron chi connectivity index (χ0n) is 10.7. The normalized spacial score (nSPS) is 10.8. The summed E-state index contributed by atoms with van der Waals surface area (Å²) in [5.74, 6) is 1.95. The first-order valence-electron chi connectivity index (χ1n) is 5.89. The Kier molecular flexibility index (Phi) is 5.13. The van der Waals surface area contributed by atoms with E-state index in [9.17, 15) is 4.79 Å². The number of hydrogen-bond acceptors (Lipinski definition) is 2. The van der Waals surface area contributed by atoms with Crippen molar-refractivity contribution in [2.75, 3.05) is 11.5 Å². The van der Waals surface area contributed by atoms with E-state index in [0.717, 1.165) is 30.0 Å². The van der Waals surface area contributed by atoms with E-state index in [1.165, 1.54) is 5.69 Å². The monoisotopic (exact) mass is 239 g/mol. The molecule has 0 spiro atoms. The number of aryl methyl sites for hydroxylation is 1. The average molecular weight is 239 g/mol. The molecular weight excluding hydrogens is 218 g/mol. The van der Waals surface area contributed by atoms with E-state index in [-0.39, 0.29) is 5.78 Å². The second-order valence-electron chi connectivity index (χ2n) is 4.00.